The summed E-state index contributed by atoms with van der Waals surface area (Å²) in [5.41, 5.74) is 0. The largest absolute Gasteiger partial charge is 0.395 e. The van der Waals surface area contributed by atoms with Crippen molar-refractivity contribution in [3.05, 3.63) is 0 Å². The molecule has 0 bridgehead atoms. The lowest BCUT2D eigenvalue weighted by molar-refractivity contribution is -0.0146. The maximum absolute atomic E-state index is 8.99. The second-order valence-corrected chi connectivity index (χ2v) is 3.17. The Morgan fingerprint density at radius 1 is 1.73 bits per heavy atom. The van der Waals surface area contributed by atoms with Gasteiger partial charge in [-0.05, 0) is 13.3 Å². The van der Waals surface area contributed by atoms with Crippen LogP contribution in [0.4, 0.5) is 0 Å². The maximum atomic E-state index is 8.99. The molecular formula is C8H17NO2. The van der Waals surface area contributed by atoms with Gasteiger partial charge in [-0.3, -0.25) is 4.90 Å². The predicted molar refractivity (Wildman–Crippen MR) is 43.5 cm³/mol. The Hall–Kier alpha value is -0.120. The third-order valence-corrected chi connectivity index (χ3v) is 2.41. The highest BCUT2D eigenvalue weighted by Gasteiger charge is 2.29. The number of rotatable bonds is 4. The van der Waals surface area contributed by atoms with Gasteiger partial charge in [0, 0.05) is 19.7 Å². The van der Waals surface area contributed by atoms with Gasteiger partial charge < -0.3 is 9.84 Å². The fourth-order valence-corrected chi connectivity index (χ4v) is 1.52. The SMILES string of the molecule is COCC(CO)N1CCC1C. The third kappa shape index (κ3) is 1.92. The van der Waals surface area contributed by atoms with Gasteiger partial charge in [-0.15, -0.1) is 0 Å². The molecule has 0 amide bonds. The summed E-state index contributed by atoms with van der Waals surface area (Å²) in [7, 11) is 1.67. The maximum Gasteiger partial charge on any atom is 0.0640 e. The van der Waals surface area contributed by atoms with E-state index in [-0.39, 0.29) is 12.6 Å². The molecule has 66 valence electrons. The minimum Gasteiger partial charge on any atom is -0.395 e. The van der Waals surface area contributed by atoms with Crippen molar-refractivity contribution in [1.29, 1.82) is 0 Å². The highest BCUT2D eigenvalue weighted by atomic mass is 16.5. The van der Waals surface area contributed by atoms with Crippen LogP contribution in [-0.4, -0.2) is 49.0 Å². The summed E-state index contributed by atoms with van der Waals surface area (Å²) in [6.45, 7) is 4.14. The number of aliphatic hydroxyl groups is 1. The number of likely N-dealkylation sites (tertiary alicyclic amines) is 1. The Morgan fingerprint density at radius 2 is 2.45 bits per heavy atom. The molecule has 11 heavy (non-hydrogen) atoms. The minimum atomic E-state index is 0.207. The molecule has 1 saturated heterocycles. The van der Waals surface area contributed by atoms with E-state index in [4.69, 9.17) is 9.84 Å². The van der Waals surface area contributed by atoms with E-state index in [1.54, 1.807) is 7.11 Å². The van der Waals surface area contributed by atoms with Crippen molar-refractivity contribution in [1.82, 2.24) is 4.90 Å². The van der Waals surface area contributed by atoms with E-state index < -0.39 is 0 Å². The molecule has 1 heterocycles. The Kier molecular flexibility index (Phi) is 3.30. The first-order valence-corrected chi connectivity index (χ1v) is 4.15. The molecule has 0 aliphatic carbocycles. The second kappa shape index (κ2) is 4.04. The summed E-state index contributed by atoms with van der Waals surface area (Å²) in [6, 6.07) is 0.839. The summed E-state index contributed by atoms with van der Waals surface area (Å²) in [5.74, 6) is 0. The molecule has 1 rings (SSSR count). The molecule has 0 saturated carbocycles. The molecule has 1 N–H and O–H groups in total. The van der Waals surface area contributed by atoms with Crippen LogP contribution in [0.2, 0.25) is 0 Å². The minimum absolute atomic E-state index is 0.207. The lowest BCUT2D eigenvalue weighted by Crippen LogP contribution is -2.54. The fraction of sp³-hybridized carbons (Fsp3) is 1.00. The highest BCUT2D eigenvalue weighted by molar-refractivity contribution is 4.84. The Bertz CT molecular complexity index is 119. The normalized spacial score (nSPS) is 28.1. The van der Waals surface area contributed by atoms with Gasteiger partial charge in [0.2, 0.25) is 0 Å². The zero-order valence-corrected chi connectivity index (χ0v) is 7.29. The van der Waals surface area contributed by atoms with Crippen LogP contribution in [0.3, 0.4) is 0 Å². The number of hydrogen-bond donors (Lipinski definition) is 1. The molecule has 0 aromatic heterocycles. The predicted octanol–water partition coefficient (Wildman–Crippen LogP) is 0.0879. The third-order valence-electron chi connectivity index (χ3n) is 2.41. The molecule has 3 heteroatoms. The standard InChI is InChI=1S/C8H17NO2/c1-7-3-4-9(7)8(5-10)6-11-2/h7-8,10H,3-6H2,1-2H3. The van der Waals surface area contributed by atoms with Crippen LogP contribution < -0.4 is 0 Å². The smallest absolute Gasteiger partial charge is 0.0640 e. The molecular weight excluding hydrogens is 142 g/mol. The summed E-state index contributed by atoms with van der Waals surface area (Å²) in [4.78, 5) is 2.28. The van der Waals surface area contributed by atoms with E-state index in [0.29, 0.717) is 12.6 Å². The molecule has 2 atom stereocenters. The van der Waals surface area contributed by atoms with Gasteiger partial charge >= 0.3 is 0 Å². The van der Waals surface area contributed by atoms with Crippen molar-refractivity contribution >= 4 is 0 Å². The van der Waals surface area contributed by atoms with Crippen LogP contribution in [-0.2, 0) is 4.74 Å². The zero-order chi connectivity index (χ0) is 8.27. The van der Waals surface area contributed by atoms with Crippen molar-refractivity contribution < 1.29 is 9.84 Å². The molecule has 2 unspecified atom stereocenters. The number of methoxy groups -OCH3 is 1. The van der Waals surface area contributed by atoms with E-state index >= 15 is 0 Å². The first-order chi connectivity index (χ1) is 5.29. The molecule has 0 spiro atoms. The van der Waals surface area contributed by atoms with Gasteiger partial charge in [-0.2, -0.15) is 0 Å². The van der Waals surface area contributed by atoms with Gasteiger partial charge in [0.1, 0.15) is 0 Å². The van der Waals surface area contributed by atoms with Crippen LogP contribution in [0, 0.1) is 0 Å². The Labute approximate surface area is 68.0 Å². The second-order valence-electron chi connectivity index (χ2n) is 3.17. The first-order valence-electron chi connectivity index (χ1n) is 4.15. The average molecular weight is 159 g/mol. The van der Waals surface area contributed by atoms with E-state index in [9.17, 15) is 0 Å². The summed E-state index contributed by atoms with van der Waals surface area (Å²) < 4.78 is 5.00. The highest BCUT2D eigenvalue weighted by Crippen LogP contribution is 2.19. The summed E-state index contributed by atoms with van der Waals surface area (Å²) >= 11 is 0. The number of nitrogens with zero attached hydrogens (tertiary/aromatic N) is 1. The van der Waals surface area contributed by atoms with Crippen molar-refractivity contribution in [3.63, 3.8) is 0 Å². The van der Waals surface area contributed by atoms with Gasteiger partial charge in [0.25, 0.3) is 0 Å². The van der Waals surface area contributed by atoms with Crippen LogP contribution in [0.1, 0.15) is 13.3 Å². The van der Waals surface area contributed by atoms with Gasteiger partial charge in [0.05, 0.1) is 19.3 Å². The molecule has 0 aromatic rings. The van der Waals surface area contributed by atoms with E-state index in [2.05, 4.69) is 11.8 Å². The number of ether oxygens (including phenoxy) is 1. The Morgan fingerprint density at radius 3 is 2.73 bits per heavy atom. The van der Waals surface area contributed by atoms with E-state index in [1.807, 2.05) is 0 Å². The average Bonchev–Trinajstić information content (AvgIpc) is 2.01. The quantitative estimate of drug-likeness (QED) is 0.631. The van der Waals surface area contributed by atoms with E-state index in [1.165, 1.54) is 6.42 Å². The van der Waals surface area contributed by atoms with Crippen molar-refractivity contribution in [2.24, 2.45) is 0 Å². The molecule has 1 fully saturated rings. The Balaban J connectivity index is 2.29. The van der Waals surface area contributed by atoms with Crippen LogP contribution in [0.5, 0.6) is 0 Å². The molecule has 0 aromatic carbocycles. The van der Waals surface area contributed by atoms with Crippen LogP contribution in [0.15, 0.2) is 0 Å². The summed E-state index contributed by atoms with van der Waals surface area (Å²) in [5, 5.41) is 8.99. The van der Waals surface area contributed by atoms with Crippen molar-refractivity contribution in [2.75, 3.05) is 26.9 Å². The van der Waals surface area contributed by atoms with E-state index in [0.717, 1.165) is 6.54 Å². The molecule has 1 aliphatic rings. The van der Waals surface area contributed by atoms with Crippen LogP contribution in [0.25, 0.3) is 0 Å². The molecule has 1 aliphatic heterocycles. The number of aliphatic hydroxyl groups excluding tert-OH is 1. The molecule has 0 radical (unpaired) electrons. The topological polar surface area (TPSA) is 32.7 Å². The van der Waals surface area contributed by atoms with Crippen molar-refractivity contribution in [2.45, 2.75) is 25.4 Å². The monoisotopic (exact) mass is 159 g/mol. The first kappa shape index (κ1) is 8.97. The van der Waals surface area contributed by atoms with Crippen LogP contribution >= 0.6 is 0 Å². The lowest BCUT2D eigenvalue weighted by atomic mass is 10.0. The van der Waals surface area contributed by atoms with Crippen molar-refractivity contribution in [3.8, 4) is 0 Å². The molecule has 3 nitrogen and oxygen atoms in total. The van der Waals surface area contributed by atoms with Gasteiger partial charge in [-0.1, -0.05) is 0 Å². The number of hydrogen-bond acceptors (Lipinski definition) is 3. The van der Waals surface area contributed by atoms with Gasteiger partial charge in [0.15, 0.2) is 0 Å². The van der Waals surface area contributed by atoms with Gasteiger partial charge in [-0.25, -0.2) is 0 Å². The fourth-order valence-electron chi connectivity index (χ4n) is 1.52. The lowest BCUT2D eigenvalue weighted by Gasteiger charge is -2.43. The summed E-state index contributed by atoms with van der Waals surface area (Å²) in [6.07, 6.45) is 1.25. The zero-order valence-electron chi connectivity index (χ0n) is 7.29.